The Bertz CT molecular complexity index is 619. The summed E-state index contributed by atoms with van der Waals surface area (Å²) in [5, 5.41) is 3.50. The van der Waals surface area contributed by atoms with Gasteiger partial charge >= 0.3 is 0 Å². The van der Waals surface area contributed by atoms with Crippen molar-refractivity contribution in [3.8, 4) is 0 Å². The zero-order chi connectivity index (χ0) is 14.7. The van der Waals surface area contributed by atoms with Gasteiger partial charge in [0.25, 0.3) is 0 Å². The number of hydrogen-bond donors (Lipinski definition) is 1. The van der Waals surface area contributed by atoms with E-state index in [4.69, 9.17) is 11.6 Å². The van der Waals surface area contributed by atoms with Crippen molar-refractivity contribution in [3.05, 3.63) is 68.7 Å². The predicted molar refractivity (Wildman–Crippen MR) is 81.0 cm³/mol. The molecule has 20 heavy (non-hydrogen) atoms. The molecule has 5 heteroatoms. The normalized spacial score (nSPS) is 12.4. The summed E-state index contributed by atoms with van der Waals surface area (Å²) < 4.78 is 27.1. The van der Waals surface area contributed by atoms with E-state index in [1.54, 1.807) is 19.2 Å². The third kappa shape index (κ3) is 3.57. The fourth-order valence-electron chi connectivity index (χ4n) is 2.02. The molecule has 0 saturated carbocycles. The highest BCUT2D eigenvalue weighted by atomic mass is 79.9. The topological polar surface area (TPSA) is 12.0 Å². The van der Waals surface area contributed by atoms with Crippen molar-refractivity contribution in [2.45, 2.75) is 12.5 Å². The first-order valence-electron chi connectivity index (χ1n) is 6.07. The van der Waals surface area contributed by atoms with Gasteiger partial charge in [0, 0.05) is 11.1 Å². The van der Waals surface area contributed by atoms with Crippen LogP contribution in [-0.4, -0.2) is 7.05 Å². The van der Waals surface area contributed by atoms with E-state index in [2.05, 4.69) is 21.2 Å². The Balaban J connectivity index is 2.26. The van der Waals surface area contributed by atoms with Crippen LogP contribution in [0.25, 0.3) is 0 Å². The van der Waals surface area contributed by atoms with E-state index >= 15 is 0 Å². The molecule has 1 atom stereocenters. The van der Waals surface area contributed by atoms with Crippen LogP contribution in [0.4, 0.5) is 8.78 Å². The molecule has 2 rings (SSSR count). The maximum absolute atomic E-state index is 13.6. The molecular weight excluding hydrogens is 348 g/mol. The summed E-state index contributed by atoms with van der Waals surface area (Å²) in [4.78, 5) is 0. The summed E-state index contributed by atoms with van der Waals surface area (Å²) in [7, 11) is 1.79. The number of hydrogen-bond acceptors (Lipinski definition) is 1. The van der Waals surface area contributed by atoms with E-state index in [1.165, 1.54) is 18.2 Å². The van der Waals surface area contributed by atoms with Crippen LogP contribution in [0.1, 0.15) is 17.2 Å². The summed E-state index contributed by atoms with van der Waals surface area (Å²) in [6.45, 7) is 0. The molecular formula is C15H13BrClF2N. The molecule has 0 aromatic heterocycles. The van der Waals surface area contributed by atoms with Crippen LogP contribution in [-0.2, 0) is 6.42 Å². The van der Waals surface area contributed by atoms with Crippen LogP contribution in [0.3, 0.4) is 0 Å². The van der Waals surface area contributed by atoms with E-state index in [9.17, 15) is 8.78 Å². The molecule has 0 fully saturated rings. The van der Waals surface area contributed by atoms with Gasteiger partial charge in [-0.3, -0.25) is 0 Å². The quantitative estimate of drug-likeness (QED) is 0.819. The van der Waals surface area contributed by atoms with Crippen molar-refractivity contribution in [3.63, 3.8) is 0 Å². The second-order valence-corrected chi connectivity index (χ2v) is 5.72. The van der Waals surface area contributed by atoms with Gasteiger partial charge in [0.2, 0.25) is 0 Å². The predicted octanol–water partition coefficient (Wildman–Crippen LogP) is 4.88. The molecule has 2 aromatic carbocycles. The Hall–Kier alpha value is -0.970. The minimum absolute atomic E-state index is 0.0967. The van der Waals surface area contributed by atoms with Crippen molar-refractivity contribution < 1.29 is 8.78 Å². The van der Waals surface area contributed by atoms with Crippen molar-refractivity contribution in [1.82, 2.24) is 5.32 Å². The Labute approximate surface area is 130 Å². The lowest BCUT2D eigenvalue weighted by Crippen LogP contribution is -2.19. The zero-order valence-electron chi connectivity index (χ0n) is 10.8. The number of rotatable bonds is 4. The molecule has 1 N–H and O–H groups in total. The second-order valence-electron chi connectivity index (χ2n) is 4.45. The molecule has 0 saturated heterocycles. The first-order valence-corrected chi connectivity index (χ1v) is 7.24. The molecule has 106 valence electrons. The zero-order valence-corrected chi connectivity index (χ0v) is 13.1. The van der Waals surface area contributed by atoms with Crippen LogP contribution < -0.4 is 5.32 Å². The number of halogens is 4. The fourth-order valence-corrected chi connectivity index (χ4v) is 2.51. The highest BCUT2D eigenvalue weighted by Crippen LogP contribution is 2.26. The van der Waals surface area contributed by atoms with Gasteiger partial charge in [0.1, 0.15) is 11.6 Å². The fraction of sp³-hybridized carbons (Fsp3) is 0.200. The van der Waals surface area contributed by atoms with Crippen LogP contribution in [0.2, 0.25) is 5.02 Å². The average molecular weight is 361 g/mol. The Morgan fingerprint density at radius 2 is 1.95 bits per heavy atom. The number of benzene rings is 2. The maximum atomic E-state index is 13.6. The first-order chi connectivity index (χ1) is 9.51. The smallest absolute Gasteiger partial charge is 0.137 e. The lowest BCUT2D eigenvalue weighted by atomic mass is 9.99. The van der Waals surface area contributed by atoms with Gasteiger partial charge in [-0.05, 0) is 64.8 Å². The molecule has 0 aliphatic carbocycles. The maximum Gasteiger partial charge on any atom is 0.137 e. The third-order valence-electron chi connectivity index (χ3n) is 3.13. The molecule has 0 aliphatic rings. The standard InChI is InChI=1S/C15H13BrClF2N/c1-20-15(10-3-5-12(16)14(19)6-10)7-9-2-4-11(18)8-13(9)17/h2-6,8,15,20H,7H2,1H3. The number of nitrogens with one attached hydrogen (secondary N) is 1. The molecule has 0 spiro atoms. The minimum Gasteiger partial charge on any atom is -0.313 e. The summed E-state index contributed by atoms with van der Waals surface area (Å²) in [6, 6.07) is 9.19. The molecule has 0 radical (unpaired) electrons. The van der Waals surface area contributed by atoms with Crippen LogP contribution in [0, 0.1) is 11.6 Å². The van der Waals surface area contributed by atoms with Crippen molar-refractivity contribution in [2.24, 2.45) is 0 Å². The summed E-state index contributed by atoms with van der Waals surface area (Å²) in [6.07, 6.45) is 0.552. The molecule has 0 bridgehead atoms. The molecule has 2 aromatic rings. The summed E-state index contributed by atoms with van der Waals surface area (Å²) >= 11 is 9.15. The van der Waals surface area contributed by atoms with E-state index in [0.717, 1.165) is 11.1 Å². The molecule has 1 nitrogen and oxygen atoms in total. The van der Waals surface area contributed by atoms with Crippen molar-refractivity contribution >= 4 is 27.5 Å². The highest BCUT2D eigenvalue weighted by Gasteiger charge is 2.14. The molecule has 0 amide bonds. The second kappa shape index (κ2) is 6.66. The van der Waals surface area contributed by atoms with Gasteiger partial charge in [-0.1, -0.05) is 23.7 Å². The molecule has 0 aliphatic heterocycles. The van der Waals surface area contributed by atoms with Gasteiger partial charge in [-0.2, -0.15) is 0 Å². The monoisotopic (exact) mass is 359 g/mol. The number of likely N-dealkylation sites (N-methyl/N-ethyl adjacent to an activating group) is 1. The Morgan fingerprint density at radius 3 is 2.55 bits per heavy atom. The summed E-state index contributed by atoms with van der Waals surface area (Å²) in [5.74, 6) is -0.678. The lowest BCUT2D eigenvalue weighted by molar-refractivity contribution is 0.574. The SMILES string of the molecule is CNC(Cc1ccc(F)cc1Cl)c1ccc(Br)c(F)c1. The Morgan fingerprint density at radius 1 is 1.20 bits per heavy atom. The van der Waals surface area contributed by atoms with Gasteiger partial charge in [0.05, 0.1) is 4.47 Å². The largest absolute Gasteiger partial charge is 0.313 e. The summed E-state index contributed by atoms with van der Waals surface area (Å²) in [5.41, 5.74) is 1.63. The van der Waals surface area contributed by atoms with Crippen LogP contribution in [0.15, 0.2) is 40.9 Å². The van der Waals surface area contributed by atoms with E-state index in [1.807, 2.05) is 6.07 Å². The van der Waals surface area contributed by atoms with Gasteiger partial charge in [-0.25, -0.2) is 8.78 Å². The van der Waals surface area contributed by atoms with E-state index in [0.29, 0.717) is 15.9 Å². The van der Waals surface area contributed by atoms with Gasteiger partial charge in [-0.15, -0.1) is 0 Å². The lowest BCUT2D eigenvalue weighted by Gasteiger charge is -2.18. The van der Waals surface area contributed by atoms with E-state index < -0.39 is 0 Å². The van der Waals surface area contributed by atoms with Crippen LogP contribution >= 0.6 is 27.5 Å². The average Bonchev–Trinajstić information content (AvgIpc) is 2.41. The van der Waals surface area contributed by atoms with Crippen molar-refractivity contribution in [1.29, 1.82) is 0 Å². The first kappa shape index (κ1) is 15.4. The van der Waals surface area contributed by atoms with Gasteiger partial charge in [0.15, 0.2) is 0 Å². The highest BCUT2D eigenvalue weighted by molar-refractivity contribution is 9.10. The molecule has 1 unspecified atom stereocenters. The van der Waals surface area contributed by atoms with Crippen LogP contribution in [0.5, 0.6) is 0 Å². The van der Waals surface area contributed by atoms with Crippen molar-refractivity contribution in [2.75, 3.05) is 7.05 Å². The minimum atomic E-state index is -0.366. The third-order valence-corrected chi connectivity index (χ3v) is 4.13. The van der Waals surface area contributed by atoms with E-state index in [-0.39, 0.29) is 17.7 Å². The van der Waals surface area contributed by atoms with Gasteiger partial charge < -0.3 is 5.32 Å². The Kier molecular flexibility index (Phi) is 5.13. The molecule has 0 heterocycles.